The first kappa shape index (κ1) is 18.7. The molecular formula is C18H19IN2O2S. The van der Waals surface area contributed by atoms with E-state index in [9.17, 15) is 4.79 Å². The quantitative estimate of drug-likeness (QED) is 0.513. The van der Waals surface area contributed by atoms with Crippen LogP contribution in [0.15, 0.2) is 48.5 Å². The van der Waals surface area contributed by atoms with E-state index in [4.69, 9.17) is 17.0 Å². The fraction of sp³-hybridized carbons (Fsp3) is 0.222. The first-order valence-corrected chi connectivity index (χ1v) is 9.12. The van der Waals surface area contributed by atoms with Gasteiger partial charge in [-0.2, -0.15) is 0 Å². The van der Waals surface area contributed by atoms with Gasteiger partial charge in [-0.1, -0.05) is 25.1 Å². The van der Waals surface area contributed by atoms with Gasteiger partial charge < -0.3 is 10.1 Å². The molecule has 24 heavy (non-hydrogen) atoms. The van der Waals surface area contributed by atoms with E-state index in [0.717, 1.165) is 21.4 Å². The topological polar surface area (TPSA) is 50.4 Å². The zero-order valence-corrected chi connectivity index (χ0v) is 16.5. The summed E-state index contributed by atoms with van der Waals surface area (Å²) in [5, 5.41) is 5.95. The number of carbonyl (C=O) groups excluding carboxylic acids is 1. The molecule has 0 aliphatic carbocycles. The van der Waals surface area contributed by atoms with Crippen LogP contribution in [-0.2, 0) is 0 Å². The van der Waals surface area contributed by atoms with Crippen molar-refractivity contribution in [3.8, 4) is 5.75 Å². The van der Waals surface area contributed by atoms with Crippen LogP contribution in [0.3, 0.4) is 0 Å². The average Bonchev–Trinajstić information content (AvgIpc) is 2.55. The second kappa shape index (κ2) is 8.98. The number of benzene rings is 2. The Morgan fingerprint density at radius 3 is 2.71 bits per heavy atom. The predicted octanol–water partition coefficient (Wildman–Crippen LogP) is 4.60. The third-order valence-electron chi connectivity index (χ3n) is 3.35. The molecule has 1 unspecified atom stereocenters. The van der Waals surface area contributed by atoms with Crippen LogP contribution in [0.25, 0.3) is 0 Å². The minimum atomic E-state index is -0.232. The summed E-state index contributed by atoms with van der Waals surface area (Å²) >= 11 is 7.35. The molecule has 2 aromatic rings. The van der Waals surface area contributed by atoms with Gasteiger partial charge in [-0.3, -0.25) is 10.1 Å². The van der Waals surface area contributed by atoms with Crippen molar-refractivity contribution >= 4 is 51.5 Å². The molecule has 2 aromatic carbocycles. The monoisotopic (exact) mass is 454 g/mol. The molecule has 0 radical (unpaired) electrons. The van der Waals surface area contributed by atoms with E-state index < -0.39 is 0 Å². The van der Waals surface area contributed by atoms with Crippen molar-refractivity contribution in [2.45, 2.75) is 26.4 Å². The van der Waals surface area contributed by atoms with Crippen molar-refractivity contribution in [3.63, 3.8) is 0 Å². The van der Waals surface area contributed by atoms with E-state index in [0.29, 0.717) is 5.56 Å². The Morgan fingerprint density at radius 1 is 1.25 bits per heavy atom. The van der Waals surface area contributed by atoms with Gasteiger partial charge in [0.2, 0.25) is 0 Å². The lowest BCUT2D eigenvalue weighted by atomic mass is 10.2. The molecular weight excluding hydrogens is 435 g/mol. The first-order chi connectivity index (χ1) is 11.5. The lowest BCUT2D eigenvalue weighted by molar-refractivity contribution is 0.0977. The Balaban J connectivity index is 1.98. The van der Waals surface area contributed by atoms with Crippen molar-refractivity contribution in [2.24, 2.45) is 0 Å². The minimum Gasteiger partial charge on any atom is -0.491 e. The highest BCUT2D eigenvalue weighted by molar-refractivity contribution is 14.1. The molecule has 0 saturated carbocycles. The summed E-state index contributed by atoms with van der Waals surface area (Å²) in [6.07, 6.45) is 1.08. The summed E-state index contributed by atoms with van der Waals surface area (Å²) < 4.78 is 6.65. The number of carbonyl (C=O) groups is 1. The number of anilines is 1. The largest absolute Gasteiger partial charge is 0.491 e. The van der Waals surface area contributed by atoms with Gasteiger partial charge >= 0.3 is 0 Å². The number of halogens is 1. The van der Waals surface area contributed by atoms with Crippen molar-refractivity contribution in [1.82, 2.24) is 5.32 Å². The van der Waals surface area contributed by atoms with Gasteiger partial charge in [0, 0.05) is 15.3 Å². The molecule has 1 atom stereocenters. The molecule has 0 fully saturated rings. The summed E-state index contributed by atoms with van der Waals surface area (Å²) in [4.78, 5) is 12.2. The predicted molar refractivity (Wildman–Crippen MR) is 110 cm³/mol. The summed E-state index contributed by atoms with van der Waals surface area (Å²) in [7, 11) is 0. The lowest BCUT2D eigenvalue weighted by Gasteiger charge is -2.14. The van der Waals surface area contributed by atoms with Crippen LogP contribution >= 0.6 is 34.8 Å². The number of hydrogen-bond donors (Lipinski definition) is 2. The second-order valence-electron chi connectivity index (χ2n) is 5.25. The third-order valence-corrected chi connectivity index (χ3v) is 4.49. The Hall–Kier alpha value is -1.67. The molecule has 126 valence electrons. The Bertz CT molecular complexity index is 736. The maximum Gasteiger partial charge on any atom is 0.258 e. The highest BCUT2D eigenvalue weighted by atomic mass is 127. The van der Waals surface area contributed by atoms with E-state index in [1.165, 1.54) is 0 Å². The molecule has 2 rings (SSSR count). The molecule has 6 heteroatoms. The molecule has 0 aliphatic rings. The standard InChI is InChI=1S/C18H19IN2O2S/c1-3-12(2)23-14-8-6-7-13(11-14)20-18(24)21-17(22)15-9-4-5-10-16(15)19/h4-12H,3H2,1-2H3,(H2,20,21,22,24). The van der Waals surface area contributed by atoms with E-state index in [1.807, 2.05) is 49.4 Å². The van der Waals surface area contributed by atoms with Crippen LogP contribution in [0.5, 0.6) is 5.75 Å². The average molecular weight is 454 g/mol. The molecule has 0 aromatic heterocycles. The van der Waals surface area contributed by atoms with E-state index in [-0.39, 0.29) is 17.1 Å². The Morgan fingerprint density at radius 2 is 2.00 bits per heavy atom. The summed E-state index contributed by atoms with van der Waals surface area (Å²) in [6.45, 7) is 4.09. The summed E-state index contributed by atoms with van der Waals surface area (Å²) in [5.41, 5.74) is 1.36. The van der Waals surface area contributed by atoms with Gasteiger partial charge in [0.05, 0.1) is 11.7 Å². The fourth-order valence-electron chi connectivity index (χ4n) is 1.94. The first-order valence-electron chi connectivity index (χ1n) is 7.63. The number of rotatable bonds is 5. The number of ether oxygens (including phenoxy) is 1. The number of hydrogen-bond acceptors (Lipinski definition) is 3. The van der Waals surface area contributed by atoms with Crippen LogP contribution in [0.4, 0.5) is 5.69 Å². The van der Waals surface area contributed by atoms with Crippen LogP contribution in [0.2, 0.25) is 0 Å². The van der Waals surface area contributed by atoms with Crippen molar-refractivity contribution in [2.75, 3.05) is 5.32 Å². The van der Waals surface area contributed by atoms with Crippen LogP contribution in [-0.4, -0.2) is 17.1 Å². The smallest absolute Gasteiger partial charge is 0.258 e. The fourth-order valence-corrected chi connectivity index (χ4v) is 2.78. The zero-order chi connectivity index (χ0) is 17.5. The van der Waals surface area contributed by atoms with Crippen LogP contribution in [0.1, 0.15) is 30.6 Å². The maximum atomic E-state index is 12.2. The van der Waals surface area contributed by atoms with Crippen LogP contribution < -0.4 is 15.4 Å². The Labute approximate surface area is 161 Å². The van der Waals surface area contributed by atoms with Crippen LogP contribution in [0, 0.1) is 3.57 Å². The molecule has 2 N–H and O–H groups in total. The third kappa shape index (κ3) is 5.45. The lowest BCUT2D eigenvalue weighted by Crippen LogP contribution is -2.34. The molecule has 0 heterocycles. The number of thiocarbonyl (C=S) groups is 1. The van der Waals surface area contributed by atoms with Crippen molar-refractivity contribution in [1.29, 1.82) is 0 Å². The minimum absolute atomic E-state index is 0.145. The van der Waals surface area contributed by atoms with Gasteiger partial charge in [-0.05, 0) is 72.4 Å². The van der Waals surface area contributed by atoms with Gasteiger partial charge in [-0.25, -0.2) is 0 Å². The zero-order valence-electron chi connectivity index (χ0n) is 13.5. The highest BCUT2D eigenvalue weighted by Crippen LogP contribution is 2.19. The molecule has 0 spiro atoms. The summed E-state index contributed by atoms with van der Waals surface area (Å²) in [6, 6.07) is 14.9. The van der Waals surface area contributed by atoms with Crippen molar-refractivity contribution < 1.29 is 9.53 Å². The van der Waals surface area contributed by atoms with E-state index in [2.05, 4.69) is 40.1 Å². The number of nitrogens with one attached hydrogen (secondary N) is 2. The molecule has 4 nitrogen and oxygen atoms in total. The summed E-state index contributed by atoms with van der Waals surface area (Å²) in [5.74, 6) is 0.533. The van der Waals surface area contributed by atoms with Gasteiger partial charge in [0.1, 0.15) is 5.75 Å². The molecule has 0 aliphatic heterocycles. The second-order valence-corrected chi connectivity index (χ2v) is 6.82. The maximum absolute atomic E-state index is 12.2. The SMILES string of the molecule is CCC(C)Oc1cccc(NC(=S)NC(=O)c2ccccc2I)c1. The van der Waals surface area contributed by atoms with Gasteiger partial charge in [-0.15, -0.1) is 0 Å². The number of amides is 1. The molecule has 1 amide bonds. The van der Waals surface area contributed by atoms with E-state index in [1.54, 1.807) is 6.07 Å². The Kier molecular flexibility index (Phi) is 6.99. The van der Waals surface area contributed by atoms with Gasteiger partial charge in [0.25, 0.3) is 5.91 Å². The highest BCUT2D eigenvalue weighted by Gasteiger charge is 2.11. The van der Waals surface area contributed by atoms with Crippen molar-refractivity contribution in [3.05, 3.63) is 57.7 Å². The molecule has 0 saturated heterocycles. The normalized spacial score (nSPS) is 11.5. The molecule has 0 bridgehead atoms. The van der Waals surface area contributed by atoms with Gasteiger partial charge in [0.15, 0.2) is 5.11 Å². The van der Waals surface area contributed by atoms with E-state index >= 15 is 0 Å².